The van der Waals surface area contributed by atoms with Crippen LogP contribution < -0.4 is 9.47 Å². The summed E-state index contributed by atoms with van der Waals surface area (Å²) in [5, 5.41) is 0.503. The summed E-state index contributed by atoms with van der Waals surface area (Å²) in [6, 6.07) is 7.55. The molecule has 0 saturated carbocycles. The van der Waals surface area contributed by atoms with Crippen molar-refractivity contribution in [3.8, 4) is 11.8 Å². The molecule has 9 heteroatoms. The molecular formula is C19H20N4O4S. The van der Waals surface area contributed by atoms with E-state index in [0.29, 0.717) is 30.1 Å². The molecule has 1 saturated heterocycles. The Kier molecular flexibility index (Phi) is 5.61. The molecule has 3 aromatic rings. The number of carbonyl (C=O) groups excluding carboxylic acids is 1. The van der Waals surface area contributed by atoms with Crippen LogP contribution >= 0.6 is 11.8 Å². The van der Waals surface area contributed by atoms with E-state index < -0.39 is 0 Å². The minimum atomic E-state index is -0.141. The number of para-hydroxylation sites is 2. The maximum absolute atomic E-state index is 12.6. The zero-order valence-electron chi connectivity index (χ0n) is 15.4. The first-order valence-electron chi connectivity index (χ1n) is 9.00. The number of hydrogen-bond acceptors (Lipinski definition) is 8. The highest BCUT2D eigenvalue weighted by Crippen LogP contribution is 2.26. The minimum Gasteiger partial charge on any atom is -0.477 e. The Morgan fingerprint density at radius 2 is 2.11 bits per heavy atom. The maximum atomic E-state index is 12.6. The van der Waals surface area contributed by atoms with Crippen molar-refractivity contribution >= 4 is 28.8 Å². The zero-order valence-corrected chi connectivity index (χ0v) is 16.2. The fourth-order valence-electron chi connectivity index (χ4n) is 3.08. The molecule has 4 rings (SSSR count). The van der Waals surface area contributed by atoms with Gasteiger partial charge in [0.05, 0.1) is 19.4 Å². The number of oxazole rings is 1. The fourth-order valence-corrected chi connectivity index (χ4v) is 3.82. The SMILES string of the molecule is COc1nccnc1OC1CCCN(C(=O)CSc2nc3ccccc3o2)C1. The maximum Gasteiger partial charge on any atom is 0.278 e. The number of hydrogen-bond donors (Lipinski definition) is 0. The highest BCUT2D eigenvalue weighted by Gasteiger charge is 2.26. The summed E-state index contributed by atoms with van der Waals surface area (Å²) in [6.45, 7) is 1.22. The molecule has 1 unspecified atom stereocenters. The number of carbonyl (C=O) groups is 1. The number of amides is 1. The van der Waals surface area contributed by atoms with Gasteiger partial charge in [-0.25, -0.2) is 15.0 Å². The average Bonchev–Trinajstić information content (AvgIpc) is 3.15. The number of ether oxygens (including phenoxy) is 2. The number of methoxy groups -OCH3 is 1. The van der Waals surface area contributed by atoms with E-state index in [0.717, 1.165) is 23.9 Å². The number of fused-ring (bicyclic) bond motifs is 1. The number of likely N-dealkylation sites (tertiary alicyclic amines) is 1. The number of rotatable bonds is 6. The van der Waals surface area contributed by atoms with E-state index in [1.807, 2.05) is 29.2 Å². The molecule has 0 spiro atoms. The molecule has 0 bridgehead atoms. The molecule has 2 aromatic heterocycles. The molecule has 0 N–H and O–H groups in total. The molecule has 0 radical (unpaired) electrons. The van der Waals surface area contributed by atoms with E-state index in [1.54, 1.807) is 12.4 Å². The second-order valence-corrected chi connectivity index (χ2v) is 7.26. The van der Waals surface area contributed by atoms with Crippen molar-refractivity contribution in [3.63, 3.8) is 0 Å². The van der Waals surface area contributed by atoms with Crippen molar-refractivity contribution in [3.05, 3.63) is 36.7 Å². The summed E-state index contributed by atoms with van der Waals surface area (Å²) >= 11 is 1.31. The molecule has 146 valence electrons. The van der Waals surface area contributed by atoms with Crippen LogP contribution in [0.25, 0.3) is 11.1 Å². The summed E-state index contributed by atoms with van der Waals surface area (Å²) in [7, 11) is 1.52. The number of piperidine rings is 1. The lowest BCUT2D eigenvalue weighted by Crippen LogP contribution is -2.45. The van der Waals surface area contributed by atoms with Gasteiger partial charge in [0, 0.05) is 18.9 Å². The van der Waals surface area contributed by atoms with E-state index in [1.165, 1.54) is 18.9 Å². The number of nitrogens with zero attached hydrogens (tertiary/aromatic N) is 4. The van der Waals surface area contributed by atoms with Gasteiger partial charge in [-0.05, 0) is 25.0 Å². The first kappa shape index (κ1) is 18.5. The molecule has 1 amide bonds. The lowest BCUT2D eigenvalue weighted by atomic mass is 10.1. The molecule has 0 aliphatic carbocycles. The smallest absolute Gasteiger partial charge is 0.278 e. The summed E-state index contributed by atoms with van der Waals surface area (Å²) in [5.41, 5.74) is 1.52. The predicted molar refractivity (Wildman–Crippen MR) is 104 cm³/mol. The van der Waals surface area contributed by atoms with Crippen LogP contribution in [0.3, 0.4) is 0 Å². The Bertz CT molecular complexity index is 931. The van der Waals surface area contributed by atoms with Gasteiger partial charge in [-0.15, -0.1) is 0 Å². The quantitative estimate of drug-likeness (QED) is 0.584. The number of benzene rings is 1. The molecule has 8 nitrogen and oxygen atoms in total. The van der Waals surface area contributed by atoms with Gasteiger partial charge < -0.3 is 18.8 Å². The van der Waals surface area contributed by atoms with Gasteiger partial charge in [0.25, 0.3) is 17.0 Å². The second-order valence-electron chi connectivity index (χ2n) is 6.33. The van der Waals surface area contributed by atoms with Crippen LogP contribution in [0.2, 0.25) is 0 Å². The summed E-state index contributed by atoms with van der Waals surface area (Å²) in [5.74, 6) is 1.00. The normalized spacial score (nSPS) is 16.9. The molecule has 3 heterocycles. The van der Waals surface area contributed by atoms with Crippen molar-refractivity contribution in [2.24, 2.45) is 0 Å². The zero-order chi connectivity index (χ0) is 19.3. The first-order chi connectivity index (χ1) is 13.7. The van der Waals surface area contributed by atoms with Crippen LogP contribution in [0.5, 0.6) is 11.8 Å². The van der Waals surface area contributed by atoms with E-state index in [-0.39, 0.29) is 17.8 Å². The molecule has 1 fully saturated rings. The molecule has 1 atom stereocenters. The van der Waals surface area contributed by atoms with Crippen LogP contribution in [0, 0.1) is 0 Å². The fraction of sp³-hybridized carbons (Fsp3) is 0.368. The predicted octanol–water partition coefficient (Wildman–Crippen LogP) is 2.79. The molecule has 1 aliphatic heterocycles. The van der Waals surface area contributed by atoms with Crippen LogP contribution in [-0.2, 0) is 4.79 Å². The lowest BCUT2D eigenvalue weighted by Gasteiger charge is -2.32. The Hall–Kier alpha value is -2.81. The Balaban J connectivity index is 1.34. The van der Waals surface area contributed by atoms with Gasteiger partial charge in [-0.1, -0.05) is 23.9 Å². The van der Waals surface area contributed by atoms with Crippen molar-refractivity contribution in [1.29, 1.82) is 0 Å². The number of thioether (sulfide) groups is 1. The summed E-state index contributed by atoms with van der Waals surface area (Å²) < 4.78 is 16.8. The summed E-state index contributed by atoms with van der Waals surface area (Å²) in [4.78, 5) is 27.1. The summed E-state index contributed by atoms with van der Waals surface area (Å²) in [6.07, 6.45) is 4.68. The van der Waals surface area contributed by atoms with Crippen LogP contribution in [0.4, 0.5) is 0 Å². The van der Waals surface area contributed by atoms with Gasteiger partial charge in [0.15, 0.2) is 5.58 Å². The molecule has 1 aliphatic rings. The largest absolute Gasteiger partial charge is 0.477 e. The molecule has 1 aromatic carbocycles. The van der Waals surface area contributed by atoms with Crippen molar-refractivity contribution < 1.29 is 18.7 Å². The Morgan fingerprint density at radius 3 is 2.93 bits per heavy atom. The van der Waals surface area contributed by atoms with E-state index in [9.17, 15) is 4.79 Å². The average molecular weight is 400 g/mol. The third-order valence-corrected chi connectivity index (χ3v) is 5.24. The van der Waals surface area contributed by atoms with Crippen molar-refractivity contribution in [2.75, 3.05) is 26.0 Å². The van der Waals surface area contributed by atoms with Gasteiger partial charge in [0.2, 0.25) is 5.91 Å². The molecular weight excluding hydrogens is 380 g/mol. The highest BCUT2D eigenvalue weighted by molar-refractivity contribution is 7.99. The van der Waals surface area contributed by atoms with Crippen molar-refractivity contribution in [1.82, 2.24) is 19.9 Å². The molecule has 28 heavy (non-hydrogen) atoms. The van der Waals surface area contributed by atoms with Crippen LogP contribution in [0.15, 0.2) is 46.3 Å². The third-order valence-electron chi connectivity index (χ3n) is 4.43. The Morgan fingerprint density at radius 1 is 1.29 bits per heavy atom. The van der Waals surface area contributed by atoms with Gasteiger partial charge in [0.1, 0.15) is 11.6 Å². The van der Waals surface area contributed by atoms with Gasteiger partial charge in [-0.3, -0.25) is 4.79 Å². The van der Waals surface area contributed by atoms with Gasteiger partial charge in [-0.2, -0.15) is 0 Å². The van der Waals surface area contributed by atoms with E-state index >= 15 is 0 Å². The lowest BCUT2D eigenvalue weighted by molar-refractivity contribution is -0.131. The highest BCUT2D eigenvalue weighted by atomic mass is 32.2. The minimum absolute atomic E-state index is 0.0340. The first-order valence-corrected chi connectivity index (χ1v) is 9.99. The van der Waals surface area contributed by atoms with Crippen molar-refractivity contribution in [2.45, 2.75) is 24.2 Å². The van der Waals surface area contributed by atoms with Crippen LogP contribution in [0.1, 0.15) is 12.8 Å². The monoisotopic (exact) mass is 400 g/mol. The second kappa shape index (κ2) is 8.47. The number of aromatic nitrogens is 3. The third kappa shape index (κ3) is 4.19. The Labute approximate surface area is 166 Å². The van der Waals surface area contributed by atoms with E-state index in [4.69, 9.17) is 13.9 Å². The standard InChI is InChI=1S/C19H20N4O4S/c1-25-17-18(21-9-8-20-17)26-13-5-4-10-23(11-13)16(24)12-28-19-22-14-6-2-3-7-15(14)27-19/h2-3,6-9,13H,4-5,10-12H2,1H3. The van der Waals surface area contributed by atoms with Gasteiger partial charge >= 0.3 is 0 Å². The topological polar surface area (TPSA) is 90.6 Å². The van der Waals surface area contributed by atoms with E-state index in [2.05, 4.69) is 15.0 Å². The van der Waals surface area contributed by atoms with Crippen LogP contribution in [-0.4, -0.2) is 57.8 Å².